The third-order valence-corrected chi connectivity index (χ3v) is 4.48. The molecule has 3 heterocycles. The van der Waals surface area contributed by atoms with Gasteiger partial charge in [0.15, 0.2) is 5.67 Å². The number of hydrogen-bond acceptors (Lipinski definition) is 3. The van der Waals surface area contributed by atoms with Crippen molar-refractivity contribution >= 4 is 23.4 Å². The van der Waals surface area contributed by atoms with Crippen molar-refractivity contribution < 1.29 is 9.18 Å². The van der Waals surface area contributed by atoms with Crippen molar-refractivity contribution in [1.82, 2.24) is 14.9 Å². The van der Waals surface area contributed by atoms with Gasteiger partial charge in [-0.2, -0.15) is 0 Å². The predicted octanol–water partition coefficient (Wildman–Crippen LogP) is 4.57. The average Bonchev–Trinajstić information content (AvgIpc) is 2.58. The summed E-state index contributed by atoms with van der Waals surface area (Å²) >= 11 is 6.06. The van der Waals surface area contributed by atoms with Gasteiger partial charge in [0.2, 0.25) is 0 Å². The molecule has 5 nitrogen and oxygen atoms in total. The van der Waals surface area contributed by atoms with Crippen molar-refractivity contribution in [2.45, 2.75) is 32.9 Å². The van der Waals surface area contributed by atoms with Crippen LogP contribution in [0.2, 0.25) is 5.02 Å². The van der Waals surface area contributed by atoms with Crippen molar-refractivity contribution in [3.63, 3.8) is 0 Å². The highest BCUT2D eigenvalue weighted by molar-refractivity contribution is 6.31. The number of carbonyl (C=O) groups is 1. The first kappa shape index (κ1) is 19.1. The molecule has 2 amide bonds. The maximum Gasteiger partial charge on any atom is 0.323 e. The van der Waals surface area contributed by atoms with Gasteiger partial charge in [-0.25, -0.2) is 14.2 Å². The zero-order chi connectivity index (χ0) is 17.2. The summed E-state index contributed by atoms with van der Waals surface area (Å²) in [7, 11) is 0. The quantitative estimate of drug-likeness (QED) is 0.849. The second kappa shape index (κ2) is 7.78. The largest absolute Gasteiger partial charge is 0.324 e. The normalized spacial score (nSPS) is 16.0. The highest BCUT2D eigenvalue weighted by Gasteiger charge is 2.40. The van der Waals surface area contributed by atoms with Gasteiger partial charge in [0, 0.05) is 38.3 Å². The molecule has 3 rings (SSSR count). The number of carbonyl (C=O) groups excluding carboxylic acids is 1. The van der Waals surface area contributed by atoms with E-state index in [1.54, 1.807) is 29.3 Å². The van der Waals surface area contributed by atoms with Gasteiger partial charge in [-0.15, -0.1) is 0 Å². The average molecular weight is 365 g/mol. The van der Waals surface area contributed by atoms with Crippen LogP contribution < -0.4 is 5.32 Å². The number of aryl methyl sites for hydroxylation is 1. The number of amides is 2. The Bertz CT molecular complexity index is 730. The van der Waals surface area contributed by atoms with Crippen molar-refractivity contribution in [2.75, 3.05) is 18.4 Å². The van der Waals surface area contributed by atoms with Crippen LogP contribution in [-0.2, 0) is 5.67 Å². The Hall–Kier alpha value is -2.21. The van der Waals surface area contributed by atoms with Crippen molar-refractivity contribution in [2.24, 2.45) is 0 Å². The molecule has 0 spiro atoms. The van der Waals surface area contributed by atoms with E-state index >= 15 is 4.39 Å². The number of hydrogen-bond donors (Lipinski definition) is 1. The molecule has 1 saturated heterocycles. The highest BCUT2D eigenvalue weighted by Crippen LogP contribution is 2.39. The number of alkyl halides is 1. The van der Waals surface area contributed by atoms with Crippen LogP contribution >= 0.6 is 11.6 Å². The van der Waals surface area contributed by atoms with Crippen molar-refractivity contribution in [3.8, 4) is 0 Å². The Balaban J connectivity index is 0.00000225. The van der Waals surface area contributed by atoms with E-state index in [4.69, 9.17) is 11.6 Å². The second-order valence-electron chi connectivity index (χ2n) is 5.94. The Morgan fingerprint density at radius 3 is 2.60 bits per heavy atom. The van der Waals surface area contributed by atoms with Crippen LogP contribution in [0.3, 0.4) is 0 Å². The summed E-state index contributed by atoms with van der Waals surface area (Å²) < 4.78 is 15.2. The van der Waals surface area contributed by atoms with Gasteiger partial charge in [0.1, 0.15) is 5.82 Å². The van der Waals surface area contributed by atoms with Crippen LogP contribution in [0.1, 0.15) is 31.5 Å². The summed E-state index contributed by atoms with van der Waals surface area (Å²) in [5, 5.41) is 3.05. The summed E-state index contributed by atoms with van der Waals surface area (Å²) in [4.78, 5) is 22.1. The monoisotopic (exact) mass is 364 g/mol. The van der Waals surface area contributed by atoms with Crippen LogP contribution in [0.5, 0.6) is 0 Å². The van der Waals surface area contributed by atoms with Crippen LogP contribution in [0.25, 0.3) is 0 Å². The lowest BCUT2D eigenvalue weighted by molar-refractivity contribution is 0.0684. The number of pyridine rings is 2. The summed E-state index contributed by atoms with van der Waals surface area (Å²) in [5.74, 6) is 0.482. The topological polar surface area (TPSA) is 58.1 Å². The van der Waals surface area contributed by atoms with E-state index in [0.29, 0.717) is 23.9 Å². The zero-order valence-corrected chi connectivity index (χ0v) is 14.1. The SMILES string of the molecule is C.Cc1ccc(NC(=O)N2CCC(F)(c3ncccc3Cl)CC2)nc1. The van der Waals surface area contributed by atoms with E-state index in [2.05, 4.69) is 15.3 Å². The van der Waals surface area contributed by atoms with E-state index in [0.717, 1.165) is 5.56 Å². The van der Waals surface area contributed by atoms with Gasteiger partial charge in [0.05, 0.1) is 10.7 Å². The summed E-state index contributed by atoms with van der Waals surface area (Å²) in [6, 6.07) is 6.64. The van der Waals surface area contributed by atoms with E-state index in [1.165, 1.54) is 6.20 Å². The number of urea groups is 1. The van der Waals surface area contributed by atoms with Gasteiger partial charge in [0.25, 0.3) is 0 Å². The molecule has 0 atom stereocenters. The fourth-order valence-electron chi connectivity index (χ4n) is 2.75. The fourth-order valence-corrected chi connectivity index (χ4v) is 3.04. The molecule has 7 heteroatoms. The minimum atomic E-state index is -1.60. The molecule has 2 aromatic rings. The fraction of sp³-hybridized carbons (Fsp3) is 0.389. The lowest BCUT2D eigenvalue weighted by Crippen LogP contribution is -2.45. The molecule has 0 unspecified atom stereocenters. The minimum Gasteiger partial charge on any atom is -0.324 e. The zero-order valence-electron chi connectivity index (χ0n) is 13.3. The Morgan fingerprint density at radius 1 is 1.28 bits per heavy atom. The Labute approximate surface area is 152 Å². The predicted molar refractivity (Wildman–Crippen MR) is 97.6 cm³/mol. The first-order valence-corrected chi connectivity index (χ1v) is 8.14. The summed E-state index contributed by atoms with van der Waals surface area (Å²) in [6.07, 6.45) is 3.54. The van der Waals surface area contributed by atoms with Crippen molar-refractivity contribution in [1.29, 1.82) is 0 Å². The minimum absolute atomic E-state index is 0. The van der Waals surface area contributed by atoms with E-state index in [1.807, 2.05) is 13.0 Å². The van der Waals surface area contributed by atoms with Crippen LogP contribution in [-0.4, -0.2) is 34.0 Å². The molecule has 2 aromatic heterocycles. The van der Waals surface area contributed by atoms with Gasteiger partial charge in [-0.05, 0) is 30.7 Å². The first-order chi connectivity index (χ1) is 11.5. The maximum absolute atomic E-state index is 15.2. The van der Waals surface area contributed by atoms with Crippen molar-refractivity contribution in [3.05, 3.63) is 52.9 Å². The second-order valence-corrected chi connectivity index (χ2v) is 6.34. The molecular weight excluding hydrogens is 343 g/mol. The lowest BCUT2D eigenvalue weighted by Gasteiger charge is -2.36. The van der Waals surface area contributed by atoms with Crippen LogP contribution in [0, 0.1) is 6.92 Å². The molecule has 1 aliphatic rings. The smallest absolute Gasteiger partial charge is 0.323 e. The summed E-state index contributed by atoms with van der Waals surface area (Å²) in [5.41, 5.74) is -0.329. The lowest BCUT2D eigenvalue weighted by atomic mass is 9.89. The Morgan fingerprint density at radius 2 is 2.00 bits per heavy atom. The highest BCUT2D eigenvalue weighted by atomic mass is 35.5. The number of nitrogens with one attached hydrogen (secondary N) is 1. The number of aromatic nitrogens is 2. The van der Waals surface area contributed by atoms with E-state index in [-0.39, 0.29) is 32.0 Å². The van der Waals surface area contributed by atoms with Gasteiger partial charge < -0.3 is 4.90 Å². The standard InChI is InChI=1S/C17H18ClFN4O.CH4/c1-12-4-5-14(21-11-12)22-16(24)23-9-6-17(19,7-10-23)15-13(18)3-2-8-20-15;/h2-5,8,11H,6-7,9-10H2,1H3,(H,21,22,24);1H4. The number of likely N-dealkylation sites (tertiary alicyclic amines) is 1. The van der Waals surface area contributed by atoms with Gasteiger partial charge in [-0.1, -0.05) is 25.1 Å². The molecule has 0 saturated carbocycles. The Kier molecular flexibility index (Phi) is 5.95. The number of piperidine rings is 1. The molecule has 1 fully saturated rings. The number of rotatable bonds is 2. The van der Waals surface area contributed by atoms with Crippen LogP contribution in [0.4, 0.5) is 15.0 Å². The van der Waals surface area contributed by atoms with Gasteiger partial charge >= 0.3 is 6.03 Å². The number of halogens is 2. The van der Waals surface area contributed by atoms with Crippen LogP contribution in [0.15, 0.2) is 36.7 Å². The molecule has 25 heavy (non-hydrogen) atoms. The van der Waals surface area contributed by atoms with E-state index in [9.17, 15) is 4.79 Å². The molecule has 0 bridgehead atoms. The third-order valence-electron chi connectivity index (χ3n) is 4.17. The van der Waals surface area contributed by atoms with Gasteiger partial charge in [-0.3, -0.25) is 10.3 Å². The van der Waals surface area contributed by atoms with E-state index < -0.39 is 5.67 Å². The third kappa shape index (κ3) is 4.25. The molecule has 0 aromatic carbocycles. The molecular formula is C18H22ClFN4O. The number of anilines is 1. The number of nitrogens with zero attached hydrogens (tertiary/aromatic N) is 3. The molecule has 0 aliphatic carbocycles. The molecule has 1 N–H and O–H groups in total. The molecule has 134 valence electrons. The first-order valence-electron chi connectivity index (χ1n) is 7.76. The molecule has 0 radical (unpaired) electrons. The summed E-state index contributed by atoms with van der Waals surface area (Å²) in [6.45, 7) is 2.51. The molecule has 1 aliphatic heterocycles. The maximum atomic E-state index is 15.2.